The topological polar surface area (TPSA) is 51.1 Å². The lowest BCUT2D eigenvalue weighted by atomic mass is 9.99. The fraction of sp³-hybridized carbons (Fsp3) is 0.231. The minimum Gasteiger partial charge on any atom is -0.347 e. The SMILES string of the molecule is Cn1c2c(c3cc(S(=O)(=O)c4ccccc4-c4ccccc4)ccc31)C1CCC(C2)N1. The summed E-state index contributed by atoms with van der Waals surface area (Å²) in [6, 6.07) is 23.5. The van der Waals surface area contributed by atoms with Crippen LogP contribution in [-0.2, 0) is 23.3 Å². The molecule has 3 heterocycles. The molecular weight excluding hydrogens is 404 g/mol. The minimum absolute atomic E-state index is 0.326. The van der Waals surface area contributed by atoms with Crippen molar-refractivity contribution in [2.45, 2.75) is 41.1 Å². The zero-order valence-electron chi connectivity index (χ0n) is 17.4. The maximum atomic E-state index is 13.8. The van der Waals surface area contributed by atoms with Gasteiger partial charge in [-0.1, -0.05) is 48.5 Å². The van der Waals surface area contributed by atoms with Crippen LogP contribution in [0.15, 0.2) is 82.6 Å². The Bertz CT molecular complexity index is 1420. The zero-order valence-corrected chi connectivity index (χ0v) is 18.2. The number of fused-ring (bicyclic) bond motifs is 6. The summed E-state index contributed by atoms with van der Waals surface area (Å²) in [6.07, 6.45) is 3.31. The van der Waals surface area contributed by atoms with Crippen molar-refractivity contribution in [1.29, 1.82) is 0 Å². The number of benzene rings is 3. The van der Waals surface area contributed by atoms with Crippen LogP contribution in [0.2, 0.25) is 0 Å². The van der Waals surface area contributed by atoms with E-state index in [1.165, 1.54) is 17.7 Å². The van der Waals surface area contributed by atoms with Gasteiger partial charge in [0.1, 0.15) is 0 Å². The minimum atomic E-state index is -3.67. The summed E-state index contributed by atoms with van der Waals surface area (Å²) in [7, 11) is -1.57. The summed E-state index contributed by atoms with van der Waals surface area (Å²) in [5.41, 5.74) is 5.38. The van der Waals surface area contributed by atoms with Crippen molar-refractivity contribution >= 4 is 20.7 Å². The van der Waals surface area contributed by atoms with E-state index in [1.54, 1.807) is 18.2 Å². The monoisotopic (exact) mass is 428 g/mol. The quantitative estimate of drug-likeness (QED) is 0.498. The molecule has 156 valence electrons. The largest absolute Gasteiger partial charge is 0.347 e. The zero-order chi connectivity index (χ0) is 21.2. The van der Waals surface area contributed by atoms with Crippen molar-refractivity contribution in [2.24, 2.45) is 7.05 Å². The molecule has 1 fully saturated rings. The van der Waals surface area contributed by atoms with Gasteiger partial charge in [-0.25, -0.2) is 8.42 Å². The Morgan fingerprint density at radius 2 is 1.71 bits per heavy atom. The third-order valence-electron chi connectivity index (χ3n) is 6.94. The average molecular weight is 429 g/mol. The second kappa shape index (κ2) is 6.81. The molecule has 5 heteroatoms. The Balaban J connectivity index is 1.54. The van der Waals surface area contributed by atoms with E-state index in [4.69, 9.17) is 0 Å². The molecule has 0 amide bonds. The van der Waals surface area contributed by atoms with Gasteiger partial charge in [0.05, 0.1) is 9.79 Å². The summed E-state index contributed by atoms with van der Waals surface area (Å²) in [5, 5.41) is 4.77. The molecule has 31 heavy (non-hydrogen) atoms. The van der Waals surface area contributed by atoms with E-state index in [9.17, 15) is 8.42 Å². The van der Waals surface area contributed by atoms with Gasteiger partial charge in [0, 0.05) is 47.7 Å². The molecule has 2 atom stereocenters. The maximum absolute atomic E-state index is 13.8. The highest BCUT2D eigenvalue weighted by Crippen LogP contribution is 2.42. The lowest BCUT2D eigenvalue weighted by Gasteiger charge is -2.23. The molecule has 2 aliphatic rings. The predicted octanol–water partition coefficient (Wildman–Crippen LogP) is 5.03. The molecule has 2 bridgehead atoms. The van der Waals surface area contributed by atoms with Crippen molar-refractivity contribution in [1.82, 2.24) is 9.88 Å². The molecular formula is C26H24N2O2S. The maximum Gasteiger partial charge on any atom is 0.207 e. The molecule has 1 saturated heterocycles. The number of nitrogens with zero attached hydrogens (tertiary/aromatic N) is 1. The van der Waals surface area contributed by atoms with Crippen LogP contribution in [0.4, 0.5) is 0 Å². The van der Waals surface area contributed by atoms with Crippen LogP contribution in [0.3, 0.4) is 0 Å². The van der Waals surface area contributed by atoms with Crippen molar-refractivity contribution in [3.63, 3.8) is 0 Å². The van der Waals surface area contributed by atoms with Crippen molar-refractivity contribution in [3.05, 3.63) is 84.1 Å². The first kappa shape index (κ1) is 18.8. The highest BCUT2D eigenvalue weighted by Gasteiger charge is 2.36. The molecule has 0 aliphatic carbocycles. The van der Waals surface area contributed by atoms with Gasteiger partial charge in [-0.3, -0.25) is 0 Å². The van der Waals surface area contributed by atoms with E-state index in [0.29, 0.717) is 21.9 Å². The van der Waals surface area contributed by atoms with Crippen LogP contribution in [0.5, 0.6) is 0 Å². The van der Waals surface area contributed by atoms with Gasteiger partial charge < -0.3 is 9.88 Å². The molecule has 2 unspecified atom stereocenters. The summed E-state index contributed by atoms with van der Waals surface area (Å²) in [4.78, 5) is 0.710. The normalized spacial score (nSPS) is 20.2. The lowest BCUT2D eigenvalue weighted by Crippen LogP contribution is -2.32. The number of aromatic nitrogens is 1. The summed E-state index contributed by atoms with van der Waals surface area (Å²) in [5.74, 6) is 0. The second-order valence-corrected chi connectivity index (χ2v) is 10.6. The molecule has 3 aromatic carbocycles. The fourth-order valence-electron chi connectivity index (χ4n) is 5.43. The van der Waals surface area contributed by atoms with Gasteiger partial charge in [-0.2, -0.15) is 0 Å². The Hall–Kier alpha value is -2.89. The van der Waals surface area contributed by atoms with E-state index in [-0.39, 0.29) is 0 Å². The van der Waals surface area contributed by atoms with Gasteiger partial charge in [-0.05, 0) is 48.2 Å². The van der Waals surface area contributed by atoms with Crippen molar-refractivity contribution in [2.75, 3.05) is 0 Å². The highest BCUT2D eigenvalue weighted by molar-refractivity contribution is 7.91. The van der Waals surface area contributed by atoms with E-state index in [2.05, 4.69) is 16.9 Å². The predicted molar refractivity (Wildman–Crippen MR) is 123 cm³/mol. The Labute approximate surface area is 182 Å². The summed E-state index contributed by atoms with van der Waals surface area (Å²) in [6.45, 7) is 0. The average Bonchev–Trinajstić information content (AvgIpc) is 3.32. The Kier molecular flexibility index (Phi) is 4.14. The summed E-state index contributed by atoms with van der Waals surface area (Å²) >= 11 is 0. The van der Waals surface area contributed by atoms with Crippen molar-refractivity contribution in [3.8, 4) is 11.1 Å². The highest BCUT2D eigenvalue weighted by atomic mass is 32.2. The van der Waals surface area contributed by atoms with Crippen LogP contribution in [0.25, 0.3) is 22.0 Å². The number of hydrogen-bond donors (Lipinski definition) is 1. The van der Waals surface area contributed by atoms with Gasteiger partial charge in [0.25, 0.3) is 0 Å². The number of hydrogen-bond acceptors (Lipinski definition) is 3. The van der Waals surface area contributed by atoms with E-state index in [1.807, 2.05) is 54.6 Å². The smallest absolute Gasteiger partial charge is 0.207 e. The van der Waals surface area contributed by atoms with E-state index in [0.717, 1.165) is 34.9 Å². The number of aryl methyl sites for hydroxylation is 1. The van der Waals surface area contributed by atoms with Gasteiger partial charge >= 0.3 is 0 Å². The number of nitrogens with one attached hydrogen (secondary N) is 1. The van der Waals surface area contributed by atoms with Crippen LogP contribution in [-0.4, -0.2) is 19.0 Å². The van der Waals surface area contributed by atoms with E-state index >= 15 is 0 Å². The first-order valence-corrected chi connectivity index (χ1v) is 12.3. The Morgan fingerprint density at radius 3 is 2.55 bits per heavy atom. The third kappa shape index (κ3) is 2.80. The van der Waals surface area contributed by atoms with E-state index < -0.39 is 9.84 Å². The molecule has 0 spiro atoms. The number of rotatable bonds is 3. The molecule has 4 nitrogen and oxygen atoms in total. The molecule has 1 aromatic heterocycles. The first-order valence-electron chi connectivity index (χ1n) is 10.8. The van der Waals surface area contributed by atoms with Crippen LogP contribution >= 0.6 is 0 Å². The second-order valence-electron chi connectivity index (χ2n) is 8.66. The molecule has 6 rings (SSSR count). The molecule has 1 N–H and O–H groups in total. The summed E-state index contributed by atoms with van der Waals surface area (Å²) < 4.78 is 29.8. The van der Waals surface area contributed by atoms with Crippen LogP contribution in [0, 0.1) is 0 Å². The van der Waals surface area contributed by atoms with Crippen molar-refractivity contribution < 1.29 is 8.42 Å². The van der Waals surface area contributed by atoms with Gasteiger partial charge in [0.15, 0.2) is 0 Å². The fourth-order valence-corrected chi connectivity index (χ4v) is 6.94. The third-order valence-corrected chi connectivity index (χ3v) is 8.75. The molecule has 4 aromatic rings. The van der Waals surface area contributed by atoms with Gasteiger partial charge in [0.2, 0.25) is 9.84 Å². The van der Waals surface area contributed by atoms with Crippen LogP contribution < -0.4 is 5.32 Å². The molecule has 2 aliphatic heterocycles. The molecule has 0 saturated carbocycles. The van der Waals surface area contributed by atoms with Gasteiger partial charge in [-0.15, -0.1) is 0 Å². The Morgan fingerprint density at radius 1 is 0.935 bits per heavy atom. The van der Waals surface area contributed by atoms with Crippen LogP contribution in [0.1, 0.15) is 30.1 Å². The molecule has 0 radical (unpaired) electrons. The first-order chi connectivity index (χ1) is 15.0. The lowest BCUT2D eigenvalue weighted by molar-refractivity contribution is 0.503. The standard InChI is InChI=1S/C26H24N2O2S/c1-28-23-14-12-19(16-21(23)26-22-13-11-18(27-22)15-24(26)28)31(29,30)25-10-6-5-9-20(25)17-7-3-2-4-8-17/h2-10,12,14,16,18,22,27H,11,13,15H2,1H3. The number of sulfone groups is 1.